The van der Waals surface area contributed by atoms with Crippen molar-refractivity contribution in [3.8, 4) is 0 Å². The van der Waals surface area contributed by atoms with Crippen LogP contribution in [-0.2, 0) is 16.8 Å². The van der Waals surface area contributed by atoms with Gasteiger partial charge in [0.15, 0.2) is 0 Å². The summed E-state index contributed by atoms with van der Waals surface area (Å²) >= 11 is 0.000000000000000111. The Morgan fingerprint density at radius 3 is 2.12 bits per heavy atom. The van der Waals surface area contributed by atoms with Crippen molar-refractivity contribution in [2.45, 2.75) is 26.2 Å². The quantitative estimate of drug-likeness (QED) is 0.388. The van der Waals surface area contributed by atoms with Crippen LogP contribution in [0.3, 0.4) is 0 Å². The van der Waals surface area contributed by atoms with Gasteiger partial charge in [0.05, 0.1) is 0 Å². The fourth-order valence-electron chi connectivity index (χ4n) is 0.668. The van der Waals surface area contributed by atoms with Crippen molar-refractivity contribution in [2.24, 2.45) is 0 Å². The predicted molar refractivity (Wildman–Crippen MR) is 65.7 cm³/mol. The number of hydrogen-bond acceptors (Lipinski definition) is 0. The second-order valence-electron chi connectivity index (χ2n) is 2.69. The van der Waals surface area contributed by atoms with Crippen molar-refractivity contribution in [3.63, 3.8) is 0 Å². The van der Waals surface area contributed by atoms with E-state index in [1.165, 1.54) is 5.57 Å². The molecule has 0 bridgehead atoms. The Bertz CT molecular complexity index is 185. The fourth-order valence-corrected chi connectivity index (χ4v) is 0.668. The van der Waals surface area contributed by atoms with E-state index >= 15 is 0 Å². The molecule has 1 aliphatic carbocycles. The van der Waals surface area contributed by atoms with Crippen LogP contribution in [0.25, 0.3) is 5.73 Å². The Hall–Kier alpha value is 1.11. The van der Waals surface area contributed by atoms with Crippen LogP contribution < -0.4 is 24.8 Å². The summed E-state index contributed by atoms with van der Waals surface area (Å²) in [7, 11) is 7.00. The third-order valence-corrected chi connectivity index (χ3v) is 1.38. The van der Waals surface area contributed by atoms with Crippen LogP contribution in [0.4, 0.5) is 0 Å². The molecule has 0 amide bonds. The predicted octanol–water partition coefficient (Wildman–Crippen LogP) is -2.68. The summed E-state index contributed by atoms with van der Waals surface area (Å²) in [6, 6.07) is 0. The van der Waals surface area contributed by atoms with Crippen molar-refractivity contribution in [1.82, 2.24) is 0 Å². The van der Waals surface area contributed by atoms with Gasteiger partial charge >= 0.3 is 33.8 Å². The number of hydrogen-bond donors (Lipinski definition) is 0. The van der Waals surface area contributed by atoms with Gasteiger partial charge in [0.2, 0.25) is 0 Å². The number of unbranched alkanes of at least 4 members (excludes halogenated alkanes) is 1. The Morgan fingerprint density at radius 1 is 1.56 bits per heavy atom. The zero-order valence-corrected chi connectivity index (χ0v) is 14.9. The van der Waals surface area contributed by atoms with Crippen LogP contribution in [0.2, 0.25) is 0 Å². The SMILES string of the molecule is CCCC[NH-].[CH2-]C1=CC=CC1.[Cl-].[Cl-].[SiH2]=[Ti][Cl]. The third-order valence-electron chi connectivity index (χ3n) is 1.38. The number of nitrogens with one attached hydrogen (secondary N) is 1. The van der Waals surface area contributed by atoms with Crippen LogP contribution >= 0.6 is 9.30 Å². The van der Waals surface area contributed by atoms with E-state index in [9.17, 15) is 0 Å². The van der Waals surface area contributed by atoms with Crippen molar-refractivity contribution in [3.05, 3.63) is 36.5 Å². The van der Waals surface area contributed by atoms with E-state index in [1.54, 1.807) is 0 Å². The third kappa shape index (κ3) is 29.4. The summed E-state index contributed by atoms with van der Waals surface area (Å²) in [5, 5.41) is 0. The van der Waals surface area contributed by atoms with E-state index in [4.69, 9.17) is 15.0 Å². The summed E-state index contributed by atoms with van der Waals surface area (Å²) in [5.74, 6) is 0. The molecule has 0 atom stereocenters. The first kappa shape index (κ1) is 25.8. The molecule has 1 aliphatic rings. The molecular formula is C10H19Cl3NSiTi-4. The van der Waals surface area contributed by atoms with E-state index in [-0.39, 0.29) is 41.6 Å². The molecule has 1 nitrogen and oxygen atoms in total. The summed E-state index contributed by atoms with van der Waals surface area (Å²) in [6.45, 7) is 6.42. The van der Waals surface area contributed by atoms with Gasteiger partial charge in [-0.2, -0.15) is 6.54 Å². The Balaban J connectivity index is -0.0000000670. The second-order valence-corrected chi connectivity index (χ2v) is 7.52. The fraction of sp³-hybridized carbons (Fsp3) is 0.500. The molecule has 1 N–H and O–H groups in total. The van der Waals surface area contributed by atoms with E-state index in [0.717, 1.165) is 19.3 Å². The van der Waals surface area contributed by atoms with Crippen molar-refractivity contribution in [1.29, 1.82) is 0 Å². The van der Waals surface area contributed by atoms with Crippen LogP contribution in [-0.4, -0.2) is 14.2 Å². The molecule has 0 aromatic heterocycles. The van der Waals surface area contributed by atoms with Crippen LogP contribution in [0.5, 0.6) is 0 Å². The van der Waals surface area contributed by atoms with Crippen molar-refractivity contribution < 1.29 is 41.6 Å². The molecule has 1 rings (SSSR count). The molecule has 0 unspecified atom stereocenters. The van der Waals surface area contributed by atoms with Crippen LogP contribution in [0.15, 0.2) is 23.8 Å². The molecule has 0 heterocycles. The van der Waals surface area contributed by atoms with Gasteiger partial charge in [-0.3, -0.25) is 0 Å². The summed E-state index contributed by atoms with van der Waals surface area (Å²) in [5.41, 5.74) is 7.82. The van der Waals surface area contributed by atoms with E-state index in [1.807, 2.05) is 19.8 Å². The minimum atomic E-state index is 0. The van der Waals surface area contributed by atoms with Crippen LogP contribution in [0.1, 0.15) is 26.2 Å². The van der Waals surface area contributed by atoms with Crippen LogP contribution in [0, 0.1) is 6.92 Å². The van der Waals surface area contributed by atoms with Gasteiger partial charge in [0.25, 0.3) is 0 Å². The zero-order chi connectivity index (χ0) is 11.2. The average molecular weight is 336 g/mol. The molecule has 16 heavy (non-hydrogen) atoms. The van der Waals surface area contributed by atoms with E-state index in [2.05, 4.69) is 19.9 Å². The molecule has 0 fully saturated rings. The maximum absolute atomic E-state index is 6.60. The standard InChI is InChI=1S/C6H7.C4H10N.3ClH.H2Si.Ti/c1-6-4-2-3-5-6;1-2-3-4-5;;;;;/h2-4H,1,5H2;5H,2-4H2,1H3;3*1H;1H2;/q2*-1;;;;;+1/p-3. The van der Waals surface area contributed by atoms with Crippen molar-refractivity contribution >= 4 is 16.9 Å². The minimum absolute atomic E-state index is 0. The van der Waals surface area contributed by atoms with E-state index < -0.39 is 0 Å². The van der Waals surface area contributed by atoms with E-state index in [0.29, 0.717) is 6.54 Å². The molecule has 97 valence electrons. The summed E-state index contributed by atoms with van der Waals surface area (Å²) in [6.07, 6.45) is 9.42. The Morgan fingerprint density at radius 2 is 2.06 bits per heavy atom. The average Bonchev–Trinajstić information content (AvgIpc) is 2.60. The number of allylic oxidation sites excluding steroid dienone is 4. The van der Waals surface area contributed by atoms with Gasteiger partial charge in [-0.05, 0) is 6.42 Å². The summed E-state index contributed by atoms with van der Waals surface area (Å²) < 4.78 is 0. The first-order chi connectivity index (χ1) is 6.72. The van der Waals surface area contributed by atoms with Gasteiger partial charge in [0.1, 0.15) is 0 Å². The second kappa shape index (κ2) is 25.1. The number of halogens is 3. The first-order valence-corrected chi connectivity index (χ1v) is 10.8. The van der Waals surface area contributed by atoms with Gasteiger partial charge in [0, 0.05) is 0 Å². The maximum atomic E-state index is 6.60. The van der Waals surface area contributed by atoms with Crippen molar-refractivity contribution in [2.75, 3.05) is 6.54 Å². The monoisotopic (exact) mass is 334 g/mol. The molecule has 0 spiro atoms. The van der Waals surface area contributed by atoms with Gasteiger partial charge in [-0.1, -0.05) is 19.8 Å². The molecule has 0 aromatic rings. The Labute approximate surface area is 127 Å². The topological polar surface area (TPSA) is 23.8 Å². The Kier molecular flexibility index (Phi) is 40.5. The summed E-state index contributed by atoms with van der Waals surface area (Å²) in [4.78, 5) is 0. The molecule has 0 aromatic carbocycles. The molecule has 0 saturated carbocycles. The number of rotatable bonds is 2. The molecule has 0 aliphatic heterocycles. The van der Waals surface area contributed by atoms with Gasteiger partial charge in [-0.15, -0.1) is 12.2 Å². The molecule has 0 saturated heterocycles. The molecule has 0 radical (unpaired) electrons. The normalized spacial score (nSPS) is 10.1. The first-order valence-electron chi connectivity index (χ1n) is 4.67. The van der Waals surface area contributed by atoms with Gasteiger partial charge < -0.3 is 30.5 Å². The molecule has 6 heteroatoms. The zero-order valence-electron chi connectivity index (χ0n) is 9.61. The van der Waals surface area contributed by atoms with Gasteiger partial charge in [-0.25, -0.2) is 18.6 Å². The molecular weight excluding hydrogens is 316 g/mol.